The van der Waals surface area contributed by atoms with Crippen molar-refractivity contribution >= 4 is 40.9 Å². The second kappa shape index (κ2) is 10.0. The molecule has 7 nitrogen and oxygen atoms in total. The van der Waals surface area contributed by atoms with Gasteiger partial charge in [0, 0.05) is 30.4 Å². The summed E-state index contributed by atoms with van der Waals surface area (Å²) in [6.45, 7) is 3.81. The lowest BCUT2D eigenvalue weighted by molar-refractivity contribution is -0.146. The lowest BCUT2D eigenvalue weighted by Gasteiger charge is -2.32. The van der Waals surface area contributed by atoms with Gasteiger partial charge < -0.3 is 20.9 Å². The molecule has 152 valence electrons. The molecule has 1 aromatic carbocycles. The highest BCUT2D eigenvalue weighted by molar-refractivity contribution is 6.42. The number of rotatable bonds is 7. The number of nitrogens with two attached hydrogens (primary N) is 2. The predicted molar refractivity (Wildman–Crippen MR) is 109 cm³/mol. The Morgan fingerprint density at radius 2 is 1.75 bits per heavy atom. The van der Waals surface area contributed by atoms with Crippen LogP contribution in [0.1, 0.15) is 25.3 Å². The van der Waals surface area contributed by atoms with Crippen molar-refractivity contribution in [3.63, 3.8) is 0 Å². The second-order valence-corrected chi connectivity index (χ2v) is 7.02. The van der Waals surface area contributed by atoms with Gasteiger partial charge in [0.1, 0.15) is 19.1 Å². The Balaban J connectivity index is 2.62. The molecule has 0 aliphatic carbocycles. The first-order valence-electron chi connectivity index (χ1n) is 8.77. The van der Waals surface area contributed by atoms with Gasteiger partial charge >= 0.3 is 11.9 Å². The van der Waals surface area contributed by atoms with E-state index in [0.29, 0.717) is 22.0 Å². The summed E-state index contributed by atoms with van der Waals surface area (Å²) in [6, 6.07) is 5.04. The van der Waals surface area contributed by atoms with Crippen LogP contribution >= 0.6 is 23.2 Å². The maximum atomic E-state index is 12.8. The van der Waals surface area contributed by atoms with Crippen LogP contribution in [0.4, 0.5) is 0 Å². The van der Waals surface area contributed by atoms with E-state index in [1.807, 2.05) is 0 Å². The minimum atomic E-state index is -0.869. The van der Waals surface area contributed by atoms with Crippen LogP contribution in [0.25, 0.3) is 0 Å². The van der Waals surface area contributed by atoms with Gasteiger partial charge in [0.25, 0.3) is 0 Å². The number of ether oxygens (including phenoxy) is 2. The quantitative estimate of drug-likeness (QED) is 0.645. The fraction of sp³-hybridized carbons (Fsp3) is 0.421. The highest BCUT2D eigenvalue weighted by Gasteiger charge is 2.43. The van der Waals surface area contributed by atoms with E-state index >= 15 is 0 Å². The van der Waals surface area contributed by atoms with Gasteiger partial charge in [-0.15, -0.1) is 0 Å². The maximum Gasteiger partial charge on any atom is 0.336 e. The largest absolute Gasteiger partial charge is 0.464 e. The molecule has 0 saturated heterocycles. The van der Waals surface area contributed by atoms with Gasteiger partial charge in [0.15, 0.2) is 0 Å². The van der Waals surface area contributed by atoms with E-state index in [1.54, 1.807) is 32.0 Å². The molecule has 0 amide bonds. The number of halogens is 2. The predicted octanol–water partition coefficient (Wildman–Crippen LogP) is 2.45. The van der Waals surface area contributed by atoms with Crippen molar-refractivity contribution in [2.75, 3.05) is 26.3 Å². The van der Waals surface area contributed by atoms with Crippen molar-refractivity contribution in [1.82, 2.24) is 0 Å². The van der Waals surface area contributed by atoms with E-state index in [9.17, 15) is 9.59 Å². The summed E-state index contributed by atoms with van der Waals surface area (Å²) in [4.78, 5) is 30.0. The van der Waals surface area contributed by atoms with Crippen molar-refractivity contribution in [1.29, 1.82) is 0 Å². The summed E-state index contributed by atoms with van der Waals surface area (Å²) in [7, 11) is 0. The Bertz CT molecular complexity index is 823. The zero-order valence-electron chi connectivity index (χ0n) is 15.7. The molecule has 0 radical (unpaired) electrons. The maximum absolute atomic E-state index is 12.8. The SMILES string of the molecule is CC1=NC(C)=C(C(=O)OCCN)C(c2cccc(Cl)c2Cl)C1C(=O)OCCN. The first-order valence-corrected chi connectivity index (χ1v) is 9.52. The van der Waals surface area contributed by atoms with E-state index in [0.717, 1.165) is 0 Å². The minimum absolute atomic E-state index is 0.0383. The molecule has 0 spiro atoms. The number of carbonyl (C=O) groups excluding carboxylic acids is 2. The third kappa shape index (κ3) is 4.72. The molecule has 0 fully saturated rings. The number of aliphatic imine (C=N–C) groups is 1. The molecule has 1 aliphatic heterocycles. The molecule has 2 unspecified atom stereocenters. The summed E-state index contributed by atoms with van der Waals surface area (Å²) in [6.07, 6.45) is 0. The molecule has 0 saturated carbocycles. The molecule has 1 aliphatic rings. The molecule has 2 rings (SSSR count). The van der Waals surface area contributed by atoms with E-state index in [4.69, 9.17) is 44.1 Å². The van der Waals surface area contributed by atoms with E-state index in [2.05, 4.69) is 4.99 Å². The van der Waals surface area contributed by atoms with Crippen LogP contribution in [0, 0.1) is 5.92 Å². The number of nitrogens with zero attached hydrogens (tertiary/aromatic N) is 1. The first kappa shape index (κ1) is 22.4. The average molecular weight is 428 g/mol. The number of benzene rings is 1. The van der Waals surface area contributed by atoms with Crippen LogP contribution < -0.4 is 11.5 Å². The standard InChI is InChI=1S/C19H23Cl2N3O4/c1-10-14(18(25)27-8-6-22)16(12-4-3-5-13(20)17(12)21)15(11(2)24-10)19(26)28-9-7-23/h3-5,14,16H,6-9,22-23H2,1-2H3. The van der Waals surface area contributed by atoms with Crippen LogP contribution in [0.5, 0.6) is 0 Å². The van der Waals surface area contributed by atoms with E-state index in [1.165, 1.54) is 0 Å². The molecule has 9 heteroatoms. The normalized spacial score (nSPS) is 19.3. The van der Waals surface area contributed by atoms with Crippen molar-refractivity contribution in [3.05, 3.63) is 45.1 Å². The van der Waals surface area contributed by atoms with Crippen LogP contribution in [0.15, 0.2) is 34.5 Å². The van der Waals surface area contributed by atoms with Crippen LogP contribution in [-0.4, -0.2) is 44.0 Å². The molecular weight excluding hydrogens is 405 g/mol. The van der Waals surface area contributed by atoms with Gasteiger partial charge in [-0.05, 0) is 25.5 Å². The highest BCUT2D eigenvalue weighted by Crippen LogP contribution is 2.44. The third-order valence-corrected chi connectivity index (χ3v) is 5.17. The second-order valence-electron chi connectivity index (χ2n) is 6.23. The Labute approximate surface area is 173 Å². The molecule has 4 N–H and O–H groups in total. The van der Waals surface area contributed by atoms with Crippen molar-refractivity contribution in [2.45, 2.75) is 19.8 Å². The Kier molecular flexibility index (Phi) is 8.00. The number of allylic oxidation sites excluding steroid dienone is 1. The Morgan fingerprint density at radius 1 is 1.11 bits per heavy atom. The Morgan fingerprint density at radius 3 is 2.39 bits per heavy atom. The molecular formula is C19H23Cl2N3O4. The van der Waals surface area contributed by atoms with Crippen LogP contribution in [0.3, 0.4) is 0 Å². The van der Waals surface area contributed by atoms with Crippen molar-refractivity contribution in [2.24, 2.45) is 22.4 Å². The van der Waals surface area contributed by atoms with E-state index in [-0.39, 0.29) is 36.9 Å². The summed E-state index contributed by atoms with van der Waals surface area (Å²) in [5.74, 6) is -2.80. The lowest BCUT2D eigenvalue weighted by Crippen LogP contribution is -2.37. The monoisotopic (exact) mass is 427 g/mol. The Hall–Kier alpha value is -1.93. The van der Waals surface area contributed by atoms with Gasteiger partial charge in [-0.25, -0.2) is 4.79 Å². The van der Waals surface area contributed by atoms with E-state index < -0.39 is 23.8 Å². The molecule has 0 aromatic heterocycles. The van der Waals surface area contributed by atoms with Crippen molar-refractivity contribution < 1.29 is 19.1 Å². The smallest absolute Gasteiger partial charge is 0.336 e. The molecule has 0 bridgehead atoms. The third-order valence-electron chi connectivity index (χ3n) is 4.33. The zero-order valence-corrected chi connectivity index (χ0v) is 17.2. The molecule has 2 atom stereocenters. The topological polar surface area (TPSA) is 117 Å². The fourth-order valence-electron chi connectivity index (χ4n) is 3.18. The molecule has 1 heterocycles. The van der Waals surface area contributed by atoms with Gasteiger partial charge in [0.05, 0.1) is 15.6 Å². The van der Waals surface area contributed by atoms with Crippen LogP contribution in [-0.2, 0) is 19.1 Å². The molecule has 1 aromatic rings. The summed E-state index contributed by atoms with van der Waals surface area (Å²) in [5, 5.41) is 0.554. The summed E-state index contributed by atoms with van der Waals surface area (Å²) >= 11 is 12.6. The fourth-order valence-corrected chi connectivity index (χ4v) is 3.61. The summed E-state index contributed by atoms with van der Waals surface area (Å²) in [5.41, 5.74) is 12.5. The number of hydrogen-bond acceptors (Lipinski definition) is 7. The highest BCUT2D eigenvalue weighted by atomic mass is 35.5. The van der Waals surface area contributed by atoms with Crippen molar-refractivity contribution in [3.8, 4) is 0 Å². The number of hydrogen-bond donors (Lipinski definition) is 2. The number of esters is 2. The van der Waals surface area contributed by atoms with Crippen LogP contribution in [0.2, 0.25) is 10.0 Å². The zero-order chi connectivity index (χ0) is 20.8. The van der Waals surface area contributed by atoms with Gasteiger partial charge in [-0.1, -0.05) is 35.3 Å². The van der Waals surface area contributed by atoms with Gasteiger partial charge in [-0.2, -0.15) is 0 Å². The first-order chi connectivity index (χ1) is 13.3. The minimum Gasteiger partial charge on any atom is -0.464 e. The lowest BCUT2D eigenvalue weighted by atomic mass is 9.75. The average Bonchev–Trinajstić information content (AvgIpc) is 2.65. The van der Waals surface area contributed by atoms with Gasteiger partial charge in [0.2, 0.25) is 0 Å². The molecule has 28 heavy (non-hydrogen) atoms. The summed E-state index contributed by atoms with van der Waals surface area (Å²) < 4.78 is 10.5. The van der Waals surface area contributed by atoms with Gasteiger partial charge in [-0.3, -0.25) is 9.79 Å². The number of carbonyl (C=O) groups is 2.